The summed E-state index contributed by atoms with van der Waals surface area (Å²) in [5, 5.41) is 3.59. The minimum Gasteiger partial charge on any atom is -0.356 e. The molecule has 3 rings (SSSR count). The van der Waals surface area contributed by atoms with Crippen LogP contribution in [0.4, 0.5) is 5.82 Å². The van der Waals surface area contributed by atoms with Crippen LogP contribution in [-0.4, -0.2) is 24.6 Å². The number of hydrogen-bond acceptors (Lipinski definition) is 3. The molecule has 92 valence electrons. The SMILES string of the molecule is c1cnc(N2CCCCC2)c([C@H]2CCCN2)c1. The molecule has 0 bridgehead atoms. The van der Waals surface area contributed by atoms with Crippen LogP contribution in [-0.2, 0) is 0 Å². The van der Waals surface area contributed by atoms with E-state index in [1.807, 2.05) is 6.20 Å². The third kappa shape index (κ3) is 2.29. The van der Waals surface area contributed by atoms with Gasteiger partial charge in [0.05, 0.1) is 0 Å². The zero-order valence-corrected chi connectivity index (χ0v) is 10.4. The minimum absolute atomic E-state index is 0.528. The normalized spacial score (nSPS) is 25.2. The number of aromatic nitrogens is 1. The Hall–Kier alpha value is -1.09. The fraction of sp³-hybridized carbons (Fsp3) is 0.643. The van der Waals surface area contributed by atoms with Crippen molar-refractivity contribution >= 4 is 5.82 Å². The Morgan fingerprint density at radius 2 is 2.06 bits per heavy atom. The third-order valence-electron chi connectivity index (χ3n) is 3.91. The van der Waals surface area contributed by atoms with Crippen LogP contribution >= 0.6 is 0 Å². The van der Waals surface area contributed by atoms with E-state index in [0.29, 0.717) is 6.04 Å². The molecule has 2 aliphatic heterocycles. The maximum absolute atomic E-state index is 4.63. The molecule has 2 fully saturated rings. The van der Waals surface area contributed by atoms with Crippen LogP contribution in [0.25, 0.3) is 0 Å². The van der Waals surface area contributed by atoms with E-state index in [4.69, 9.17) is 0 Å². The largest absolute Gasteiger partial charge is 0.356 e. The first-order valence-electron chi connectivity index (χ1n) is 6.88. The fourth-order valence-electron chi connectivity index (χ4n) is 3.00. The summed E-state index contributed by atoms with van der Waals surface area (Å²) < 4.78 is 0. The van der Waals surface area contributed by atoms with Gasteiger partial charge in [-0.2, -0.15) is 0 Å². The second-order valence-corrected chi connectivity index (χ2v) is 5.11. The molecule has 0 spiro atoms. The maximum Gasteiger partial charge on any atom is 0.133 e. The number of nitrogens with one attached hydrogen (secondary N) is 1. The zero-order valence-electron chi connectivity index (χ0n) is 10.4. The molecular weight excluding hydrogens is 210 g/mol. The predicted octanol–water partition coefficient (Wildman–Crippen LogP) is 2.50. The highest BCUT2D eigenvalue weighted by Crippen LogP contribution is 2.30. The van der Waals surface area contributed by atoms with E-state index in [1.165, 1.54) is 56.6 Å². The summed E-state index contributed by atoms with van der Waals surface area (Å²) in [6, 6.07) is 4.85. The molecule has 3 heteroatoms. The van der Waals surface area contributed by atoms with Gasteiger partial charge in [0.1, 0.15) is 5.82 Å². The van der Waals surface area contributed by atoms with Crippen molar-refractivity contribution in [1.82, 2.24) is 10.3 Å². The van der Waals surface area contributed by atoms with Crippen molar-refractivity contribution in [2.75, 3.05) is 24.5 Å². The van der Waals surface area contributed by atoms with Crippen LogP contribution in [0.1, 0.15) is 43.7 Å². The van der Waals surface area contributed by atoms with E-state index in [-0.39, 0.29) is 0 Å². The average Bonchev–Trinajstić information content (AvgIpc) is 2.94. The second-order valence-electron chi connectivity index (χ2n) is 5.11. The highest BCUT2D eigenvalue weighted by molar-refractivity contribution is 5.49. The zero-order chi connectivity index (χ0) is 11.5. The van der Waals surface area contributed by atoms with Crippen LogP contribution in [0.5, 0.6) is 0 Å². The van der Waals surface area contributed by atoms with Gasteiger partial charge in [0.15, 0.2) is 0 Å². The van der Waals surface area contributed by atoms with E-state index in [0.717, 1.165) is 6.54 Å². The van der Waals surface area contributed by atoms with Crippen molar-refractivity contribution in [3.05, 3.63) is 23.9 Å². The Balaban J connectivity index is 1.86. The Morgan fingerprint density at radius 1 is 1.18 bits per heavy atom. The van der Waals surface area contributed by atoms with Gasteiger partial charge in [-0.1, -0.05) is 6.07 Å². The first kappa shape index (κ1) is 11.0. The summed E-state index contributed by atoms with van der Waals surface area (Å²) in [7, 11) is 0. The van der Waals surface area contributed by atoms with Crippen molar-refractivity contribution in [3.8, 4) is 0 Å². The molecule has 3 heterocycles. The van der Waals surface area contributed by atoms with Gasteiger partial charge in [-0.15, -0.1) is 0 Å². The first-order chi connectivity index (χ1) is 8.45. The number of piperidine rings is 1. The van der Waals surface area contributed by atoms with Gasteiger partial charge in [0.25, 0.3) is 0 Å². The quantitative estimate of drug-likeness (QED) is 0.847. The molecule has 0 saturated carbocycles. The molecule has 3 nitrogen and oxygen atoms in total. The van der Waals surface area contributed by atoms with Crippen molar-refractivity contribution < 1.29 is 0 Å². The average molecular weight is 231 g/mol. The van der Waals surface area contributed by atoms with E-state index >= 15 is 0 Å². The van der Waals surface area contributed by atoms with Gasteiger partial charge in [-0.25, -0.2) is 4.98 Å². The number of nitrogens with zero attached hydrogens (tertiary/aromatic N) is 2. The minimum atomic E-state index is 0.528. The van der Waals surface area contributed by atoms with E-state index < -0.39 is 0 Å². The summed E-state index contributed by atoms with van der Waals surface area (Å²) in [6.45, 7) is 3.51. The number of pyridine rings is 1. The molecule has 0 amide bonds. The van der Waals surface area contributed by atoms with Crippen molar-refractivity contribution in [1.29, 1.82) is 0 Å². The van der Waals surface area contributed by atoms with Crippen LogP contribution in [0, 0.1) is 0 Å². The summed E-state index contributed by atoms with van der Waals surface area (Å²) in [4.78, 5) is 7.10. The maximum atomic E-state index is 4.63. The van der Waals surface area contributed by atoms with Crippen LogP contribution < -0.4 is 10.2 Å². The number of rotatable bonds is 2. The molecule has 0 radical (unpaired) electrons. The first-order valence-corrected chi connectivity index (χ1v) is 6.88. The lowest BCUT2D eigenvalue weighted by atomic mass is 10.0. The Morgan fingerprint density at radius 3 is 2.82 bits per heavy atom. The highest BCUT2D eigenvalue weighted by Gasteiger charge is 2.23. The number of anilines is 1. The summed E-state index contributed by atoms with van der Waals surface area (Å²) in [5.74, 6) is 1.23. The van der Waals surface area contributed by atoms with Crippen LogP contribution in [0.15, 0.2) is 18.3 Å². The summed E-state index contributed by atoms with van der Waals surface area (Å²) in [6.07, 6.45) is 8.48. The van der Waals surface area contributed by atoms with Gasteiger partial charge < -0.3 is 10.2 Å². The highest BCUT2D eigenvalue weighted by atomic mass is 15.2. The molecular formula is C14H21N3. The van der Waals surface area contributed by atoms with Crippen molar-refractivity contribution in [2.24, 2.45) is 0 Å². The summed E-state index contributed by atoms with van der Waals surface area (Å²) >= 11 is 0. The Kier molecular flexibility index (Phi) is 3.27. The van der Waals surface area contributed by atoms with Gasteiger partial charge in [0, 0.05) is 30.9 Å². The Bertz CT molecular complexity index is 365. The Labute approximate surface area is 103 Å². The lowest BCUT2D eigenvalue weighted by Gasteiger charge is -2.30. The molecule has 0 unspecified atom stereocenters. The lowest BCUT2D eigenvalue weighted by molar-refractivity contribution is 0.564. The smallest absolute Gasteiger partial charge is 0.133 e. The fourth-order valence-corrected chi connectivity index (χ4v) is 3.00. The molecule has 1 aromatic heterocycles. The van der Waals surface area contributed by atoms with Crippen molar-refractivity contribution in [3.63, 3.8) is 0 Å². The van der Waals surface area contributed by atoms with Gasteiger partial charge >= 0.3 is 0 Å². The summed E-state index contributed by atoms with van der Waals surface area (Å²) in [5.41, 5.74) is 1.41. The predicted molar refractivity (Wildman–Crippen MR) is 70.3 cm³/mol. The molecule has 17 heavy (non-hydrogen) atoms. The van der Waals surface area contributed by atoms with E-state index in [9.17, 15) is 0 Å². The van der Waals surface area contributed by atoms with Crippen LogP contribution in [0.3, 0.4) is 0 Å². The van der Waals surface area contributed by atoms with E-state index in [1.54, 1.807) is 0 Å². The molecule has 0 aliphatic carbocycles. The lowest BCUT2D eigenvalue weighted by Crippen LogP contribution is -2.32. The van der Waals surface area contributed by atoms with Gasteiger partial charge in [-0.05, 0) is 44.7 Å². The monoisotopic (exact) mass is 231 g/mol. The number of hydrogen-bond donors (Lipinski definition) is 1. The van der Waals surface area contributed by atoms with Crippen LogP contribution in [0.2, 0.25) is 0 Å². The third-order valence-corrected chi connectivity index (χ3v) is 3.91. The van der Waals surface area contributed by atoms with Gasteiger partial charge in [-0.3, -0.25) is 0 Å². The molecule has 1 aromatic rings. The topological polar surface area (TPSA) is 28.2 Å². The molecule has 0 aromatic carbocycles. The molecule has 2 aliphatic rings. The van der Waals surface area contributed by atoms with E-state index in [2.05, 4.69) is 27.3 Å². The standard InChI is InChI=1S/C14H21N3/c1-2-10-17(11-3-1)14-12(6-4-9-16-14)13-7-5-8-15-13/h4,6,9,13,15H,1-3,5,7-8,10-11H2/t13-/m1/s1. The molecule has 1 atom stereocenters. The van der Waals surface area contributed by atoms with Crippen molar-refractivity contribution in [2.45, 2.75) is 38.1 Å². The molecule has 1 N–H and O–H groups in total. The van der Waals surface area contributed by atoms with Gasteiger partial charge in [0.2, 0.25) is 0 Å². The molecule has 2 saturated heterocycles. The second kappa shape index (κ2) is 5.05.